The number of hydrogen-bond acceptors (Lipinski definition) is 12. The molecule has 12 nitrogen and oxygen atoms in total. The van der Waals surface area contributed by atoms with Crippen LogP contribution in [0.25, 0.3) is 0 Å². The van der Waals surface area contributed by atoms with Gasteiger partial charge >= 0.3 is 47.8 Å². The van der Waals surface area contributed by atoms with E-state index in [1.165, 1.54) is 36.0 Å². The monoisotopic (exact) mass is 937 g/mol. The molecule has 4 heterocycles. The maximum atomic E-state index is 12.0. The maximum absolute atomic E-state index is 12.0. The van der Waals surface area contributed by atoms with Crippen LogP contribution in [0.5, 0.6) is 0 Å². The second kappa shape index (κ2) is 22.3. The Hall–Kier alpha value is -5.52. The predicted octanol–water partition coefficient (Wildman–Crippen LogP) is 10.2. The lowest BCUT2D eigenvalue weighted by molar-refractivity contribution is -0.156. The highest BCUT2D eigenvalue weighted by molar-refractivity contribution is 6.05. The molecule has 368 valence electrons. The van der Waals surface area contributed by atoms with Crippen molar-refractivity contribution in [1.29, 1.82) is 0 Å². The van der Waals surface area contributed by atoms with Crippen LogP contribution >= 0.6 is 0 Å². The van der Waals surface area contributed by atoms with Crippen LogP contribution in [-0.4, -0.2) is 47.8 Å². The molecule has 8 aliphatic carbocycles. The van der Waals surface area contributed by atoms with Gasteiger partial charge in [-0.3, -0.25) is 19.2 Å². The third-order valence-electron chi connectivity index (χ3n) is 15.6. The first-order valence-electron chi connectivity index (χ1n) is 24.4. The second-order valence-corrected chi connectivity index (χ2v) is 21.3. The average molecular weight is 937 g/mol. The van der Waals surface area contributed by atoms with E-state index in [9.17, 15) is 38.4 Å². The molecule has 5 unspecified atom stereocenters. The van der Waals surface area contributed by atoms with Crippen LogP contribution in [-0.2, 0) is 57.3 Å². The molecule has 0 aromatic rings. The highest BCUT2D eigenvalue weighted by atomic mass is 16.6. The van der Waals surface area contributed by atoms with Crippen LogP contribution in [0.3, 0.4) is 0 Å². The molecule has 0 spiro atoms. The van der Waals surface area contributed by atoms with Gasteiger partial charge in [0.05, 0.1) is 23.7 Å². The SMILES string of the molecule is CC(C)C12C=CC(C)(CC1)[C@@H]1C(=O)OC(=O)[C@@H]12.CC1=CC2[C@@H](C(C)C)CC1[C@@H]1C(=O)OC(=O)[C@H]21.CC1=CC=C(C(C)C)CC1.CC1=CCC(C(C)C)C=C1.O=C1C=CC(=O)O1.O=C1C=CC(=O)O1. The molecular weight excluding hydrogens is 865 g/mol. The summed E-state index contributed by atoms with van der Waals surface area (Å²) in [7, 11) is 0. The van der Waals surface area contributed by atoms with Gasteiger partial charge in [0, 0.05) is 29.7 Å². The molecule has 12 heteroatoms. The molecular formula is C56H72O12. The minimum Gasteiger partial charge on any atom is -0.393 e. The summed E-state index contributed by atoms with van der Waals surface area (Å²) < 4.78 is 17.7. The highest BCUT2D eigenvalue weighted by Crippen LogP contribution is 2.64. The van der Waals surface area contributed by atoms with Crippen molar-refractivity contribution in [2.75, 3.05) is 0 Å². The van der Waals surface area contributed by atoms with Crippen molar-refractivity contribution >= 4 is 47.8 Å². The van der Waals surface area contributed by atoms with Gasteiger partial charge in [0.15, 0.2) is 0 Å². The molecule has 4 aliphatic heterocycles. The van der Waals surface area contributed by atoms with Gasteiger partial charge in [0.25, 0.3) is 0 Å². The summed E-state index contributed by atoms with van der Waals surface area (Å²) in [6, 6.07) is 0. The maximum Gasteiger partial charge on any atom is 0.338 e. The molecule has 0 aromatic carbocycles. The molecule has 0 aromatic heterocycles. The molecule has 4 bridgehead atoms. The molecule has 4 fully saturated rings. The lowest BCUT2D eigenvalue weighted by Crippen LogP contribution is -2.53. The third-order valence-corrected chi connectivity index (χ3v) is 15.6. The molecule has 68 heavy (non-hydrogen) atoms. The number of carbonyl (C=O) groups is 8. The zero-order chi connectivity index (χ0) is 50.4. The van der Waals surface area contributed by atoms with E-state index in [0.717, 1.165) is 61.3 Å². The fraction of sp³-hybridized carbons (Fsp3) is 0.571. The van der Waals surface area contributed by atoms with Crippen molar-refractivity contribution < 1.29 is 57.3 Å². The number of carbonyl (C=O) groups excluding carboxylic acids is 8. The fourth-order valence-electron chi connectivity index (χ4n) is 11.2. The van der Waals surface area contributed by atoms with E-state index < -0.39 is 23.9 Å². The Morgan fingerprint density at radius 3 is 1.59 bits per heavy atom. The summed E-state index contributed by atoms with van der Waals surface area (Å²) in [5, 5.41) is 0. The first-order valence-corrected chi connectivity index (χ1v) is 24.4. The zero-order valence-electron chi connectivity index (χ0n) is 42.0. The summed E-state index contributed by atoms with van der Waals surface area (Å²) in [6.07, 6.45) is 29.1. The molecule has 2 saturated carbocycles. The predicted molar refractivity (Wildman–Crippen MR) is 256 cm³/mol. The van der Waals surface area contributed by atoms with E-state index in [0.29, 0.717) is 17.8 Å². The molecule has 12 aliphatic rings. The topological polar surface area (TPSA) is 173 Å². The van der Waals surface area contributed by atoms with Crippen LogP contribution in [0.1, 0.15) is 122 Å². The summed E-state index contributed by atoms with van der Waals surface area (Å²) >= 11 is 0. The minimum atomic E-state index is -0.579. The van der Waals surface area contributed by atoms with Crippen LogP contribution in [0.15, 0.2) is 95.2 Å². The van der Waals surface area contributed by atoms with Gasteiger partial charge in [0.2, 0.25) is 0 Å². The Kier molecular flexibility index (Phi) is 17.5. The number of rotatable bonds is 4. The van der Waals surface area contributed by atoms with Gasteiger partial charge in [-0.1, -0.05) is 133 Å². The minimum absolute atomic E-state index is 0.161. The zero-order valence-corrected chi connectivity index (χ0v) is 42.0. The van der Waals surface area contributed by atoms with Crippen LogP contribution in [0, 0.1) is 81.8 Å². The lowest BCUT2D eigenvalue weighted by Gasteiger charge is -2.54. The van der Waals surface area contributed by atoms with Gasteiger partial charge in [-0.25, -0.2) is 19.2 Å². The first kappa shape index (κ1) is 53.4. The first-order chi connectivity index (χ1) is 31.9. The second-order valence-electron chi connectivity index (χ2n) is 21.3. The van der Waals surface area contributed by atoms with Gasteiger partial charge in [-0.15, -0.1) is 0 Å². The Bertz CT molecular complexity index is 2210. The average Bonchev–Trinajstić information content (AvgIpc) is 4.04. The summed E-state index contributed by atoms with van der Waals surface area (Å²) in [5.74, 6) is -0.206. The Morgan fingerprint density at radius 2 is 1.16 bits per heavy atom. The van der Waals surface area contributed by atoms with Crippen molar-refractivity contribution in [1.82, 2.24) is 0 Å². The molecule has 12 rings (SSSR count). The van der Waals surface area contributed by atoms with Crippen LogP contribution in [0.2, 0.25) is 0 Å². The van der Waals surface area contributed by atoms with Gasteiger partial charge < -0.3 is 18.9 Å². The normalized spacial score (nSPS) is 32.9. The molecule has 0 radical (unpaired) electrons. The number of allylic oxidation sites excluding steroid dienone is 12. The fourth-order valence-corrected chi connectivity index (χ4v) is 11.2. The number of ether oxygens (including phenoxy) is 4. The van der Waals surface area contributed by atoms with E-state index in [-0.39, 0.29) is 70.2 Å². The van der Waals surface area contributed by atoms with E-state index in [2.05, 4.69) is 141 Å². The van der Waals surface area contributed by atoms with E-state index in [1.807, 2.05) is 0 Å². The highest BCUT2D eigenvalue weighted by Gasteiger charge is 2.66. The van der Waals surface area contributed by atoms with E-state index >= 15 is 0 Å². The standard InChI is InChI=1S/2C14H18O3.2C10H16.2C4H2O3/c1-8(2)14-6-4-13(3,5-7-14)9-10(14)12(16)17-11(9)15;1-6(2)8-5-9-7(3)4-10(8)12-11(9)13(15)17-14(12)16;2*1-8(2)10-6-4-9(3)5-7-10;2*5-3-1-2-4(6)7-3/h4,6,8-10H,5,7H2,1-3H3;4,6,8-12H,5H2,1-3H3;4,6,8H,5,7H2,1-3H3;4-6,8,10H,7H2,1-3H3;2*1-2H/t9-,10+,13?,14?;8-,9?,10?,11+,12-;;;;/m01..../s1. The van der Waals surface area contributed by atoms with Crippen molar-refractivity contribution in [3.05, 3.63) is 95.2 Å². The van der Waals surface area contributed by atoms with Crippen LogP contribution < -0.4 is 0 Å². The van der Waals surface area contributed by atoms with Crippen LogP contribution in [0.4, 0.5) is 0 Å². The Morgan fingerprint density at radius 1 is 0.603 bits per heavy atom. The van der Waals surface area contributed by atoms with Crippen molar-refractivity contribution in [3.8, 4) is 0 Å². The Balaban J connectivity index is 0.000000158. The third kappa shape index (κ3) is 12.2. The number of cyclic esters (lactones) is 8. The molecule has 10 atom stereocenters. The quantitative estimate of drug-likeness (QED) is 0.113. The summed E-state index contributed by atoms with van der Waals surface area (Å²) in [4.78, 5) is 87.2. The van der Waals surface area contributed by atoms with Gasteiger partial charge in [-0.05, 0) is 112 Å². The van der Waals surface area contributed by atoms with Crippen molar-refractivity contribution in [2.45, 2.75) is 122 Å². The number of fused-ring (bicyclic) bond motifs is 2. The van der Waals surface area contributed by atoms with Crippen molar-refractivity contribution in [3.63, 3.8) is 0 Å². The largest absolute Gasteiger partial charge is 0.393 e. The molecule has 0 N–H and O–H groups in total. The number of hydrogen-bond donors (Lipinski definition) is 0. The van der Waals surface area contributed by atoms with E-state index in [1.54, 1.807) is 5.57 Å². The summed E-state index contributed by atoms with van der Waals surface area (Å²) in [5.41, 5.74) is 5.47. The van der Waals surface area contributed by atoms with Gasteiger partial charge in [-0.2, -0.15) is 0 Å². The number of esters is 8. The summed E-state index contributed by atoms with van der Waals surface area (Å²) in [6.45, 7) is 26.3. The lowest BCUT2D eigenvalue weighted by atomic mass is 9.46. The molecule has 2 saturated heterocycles. The Labute approximate surface area is 402 Å². The van der Waals surface area contributed by atoms with E-state index in [4.69, 9.17) is 9.47 Å². The van der Waals surface area contributed by atoms with Gasteiger partial charge in [0.1, 0.15) is 0 Å². The smallest absolute Gasteiger partial charge is 0.338 e. The van der Waals surface area contributed by atoms with Crippen molar-refractivity contribution in [2.24, 2.45) is 81.8 Å². The molecule has 0 amide bonds.